The summed E-state index contributed by atoms with van der Waals surface area (Å²) in [6.45, 7) is 0.820. The molecule has 0 aromatic heterocycles. The molecule has 0 aromatic rings. The second kappa shape index (κ2) is 4.86. The van der Waals surface area contributed by atoms with Gasteiger partial charge in [0.05, 0.1) is 12.4 Å². The Morgan fingerprint density at radius 2 is 2.31 bits per heavy atom. The summed E-state index contributed by atoms with van der Waals surface area (Å²) in [5.74, 6) is 2.52. The number of nitrogens with two attached hydrogens (primary N) is 1. The van der Waals surface area contributed by atoms with Crippen LogP contribution in [0.1, 0.15) is 19.3 Å². The molecule has 1 aliphatic rings. The molecule has 13 heavy (non-hydrogen) atoms. The predicted octanol–water partition coefficient (Wildman–Crippen LogP) is 1.47. The second-order valence-electron chi connectivity index (χ2n) is 3.75. The van der Waals surface area contributed by atoms with Crippen LogP contribution in [0.5, 0.6) is 0 Å². The average Bonchev–Trinajstić information content (AvgIpc) is 2.78. The van der Waals surface area contributed by atoms with Gasteiger partial charge >= 0.3 is 0 Å². The summed E-state index contributed by atoms with van der Waals surface area (Å²) in [5, 5.41) is 7.25. The number of hydrogen-bond donors (Lipinski definition) is 2. The van der Waals surface area contributed by atoms with Gasteiger partial charge in [0.2, 0.25) is 0 Å². The molecule has 0 amide bonds. The van der Waals surface area contributed by atoms with Gasteiger partial charge in [0, 0.05) is 19.3 Å². The van der Waals surface area contributed by atoms with Gasteiger partial charge in [0.25, 0.3) is 0 Å². The van der Waals surface area contributed by atoms with E-state index >= 15 is 0 Å². The van der Waals surface area contributed by atoms with Crippen molar-refractivity contribution in [2.24, 2.45) is 11.1 Å². The number of amidine groups is 1. The number of methoxy groups -OCH3 is 1. The van der Waals surface area contributed by atoms with E-state index in [4.69, 9.17) is 15.9 Å². The first-order valence-electron chi connectivity index (χ1n) is 4.58. The molecule has 0 heterocycles. The van der Waals surface area contributed by atoms with E-state index in [1.54, 1.807) is 7.11 Å². The quantitative estimate of drug-likeness (QED) is 0.373. The maximum atomic E-state index is 7.25. The largest absolute Gasteiger partial charge is 0.388 e. The normalized spacial score (nSPS) is 18.5. The van der Waals surface area contributed by atoms with Gasteiger partial charge in [-0.3, -0.25) is 5.41 Å². The molecule has 0 bridgehead atoms. The molecule has 0 saturated heterocycles. The maximum Gasteiger partial charge on any atom is 0.0911 e. The predicted molar refractivity (Wildman–Crippen MR) is 57.4 cm³/mol. The first kappa shape index (κ1) is 10.9. The number of ether oxygens (including phenoxy) is 1. The van der Waals surface area contributed by atoms with Gasteiger partial charge in [-0.1, -0.05) is 0 Å². The minimum absolute atomic E-state index is 0.338. The fourth-order valence-corrected chi connectivity index (χ4v) is 2.64. The zero-order valence-corrected chi connectivity index (χ0v) is 8.95. The Morgan fingerprint density at radius 1 is 1.62 bits per heavy atom. The van der Waals surface area contributed by atoms with Crippen molar-refractivity contribution in [1.29, 1.82) is 5.41 Å². The third-order valence-electron chi connectivity index (χ3n) is 2.36. The van der Waals surface area contributed by atoms with Crippen molar-refractivity contribution in [1.82, 2.24) is 0 Å². The summed E-state index contributed by atoms with van der Waals surface area (Å²) in [6.07, 6.45) is 3.27. The van der Waals surface area contributed by atoms with Crippen LogP contribution in [0.4, 0.5) is 0 Å². The molecule has 4 heteroatoms. The van der Waals surface area contributed by atoms with Gasteiger partial charge < -0.3 is 10.5 Å². The first-order chi connectivity index (χ1) is 6.18. The van der Waals surface area contributed by atoms with Gasteiger partial charge in [-0.2, -0.15) is 11.8 Å². The van der Waals surface area contributed by atoms with Crippen molar-refractivity contribution in [3.05, 3.63) is 0 Å². The second-order valence-corrected chi connectivity index (χ2v) is 4.85. The number of nitrogens with one attached hydrogen (secondary N) is 1. The molecule has 0 radical (unpaired) electrons. The molecule has 3 nitrogen and oxygen atoms in total. The lowest BCUT2D eigenvalue weighted by Gasteiger charge is -2.12. The van der Waals surface area contributed by atoms with Crippen molar-refractivity contribution in [3.8, 4) is 0 Å². The fourth-order valence-electron chi connectivity index (χ4n) is 1.38. The molecular weight excluding hydrogens is 184 g/mol. The monoisotopic (exact) mass is 202 g/mol. The third kappa shape index (κ3) is 4.00. The number of thioether (sulfide) groups is 1. The highest BCUT2D eigenvalue weighted by atomic mass is 32.2. The van der Waals surface area contributed by atoms with E-state index in [1.807, 2.05) is 11.8 Å². The Balaban J connectivity index is 2.09. The van der Waals surface area contributed by atoms with Crippen molar-refractivity contribution in [2.75, 3.05) is 25.2 Å². The van der Waals surface area contributed by atoms with E-state index < -0.39 is 0 Å². The summed E-state index contributed by atoms with van der Waals surface area (Å²) in [5.41, 5.74) is 5.78. The molecular formula is C9H18N2OS. The van der Waals surface area contributed by atoms with Gasteiger partial charge in [-0.15, -0.1) is 0 Å². The van der Waals surface area contributed by atoms with E-state index in [1.165, 1.54) is 12.8 Å². The van der Waals surface area contributed by atoms with Crippen LogP contribution in [0, 0.1) is 10.8 Å². The smallest absolute Gasteiger partial charge is 0.0911 e. The van der Waals surface area contributed by atoms with Crippen molar-refractivity contribution in [3.63, 3.8) is 0 Å². The molecule has 0 unspecified atom stereocenters. The third-order valence-corrected chi connectivity index (χ3v) is 3.63. The van der Waals surface area contributed by atoms with Crippen molar-refractivity contribution >= 4 is 17.6 Å². The highest BCUT2D eigenvalue weighted by Gasteiger charge is 2.42. The summed E-state index contributed by atoms with van der Waals surface area (Å²) in [6, 6.07) is 0. The molecule has 3 N–H and O–H groups in total. The van der Waals surface area contributed by atoms with E-state index in [9.17, 15) is 0 Å². The highest BCUT2D eigenvalue weighted by molar-refractivity contribution is 7.99. The SMILES string of the molecule is COCCSCC1(CC(=N)N)CC1. The van der Waals surface area contributed by atoms with Crippen LogP contribution in [0.25, 0.3) is 0 Å². The molecule has 0 aromatic carbocycles. The van der Waals surface area contributed by atoms with E-state index in [0.717, 1.165) is 24.5 Å². The summed E-state index contributed by atoms with van der Waals surface area (Å²) >= 11 is 1.91. The van der Waals surface area contributed by atoms with Gasteiger partial charge in [0.15, 0.2) is 0 Å². The van der Waals surface area contributed by atoms with E-state index in [-0.39, 0.29) is 0 Å². The van der Waals surface area contributed by atoms with Crippen LogP contribution in [0.3, 0.4) is 0 Å². The van der Waals surface area contributed by atoms with Crippen LogP contribution in [0.15, 0.2) is 0 Å². The lowest BCUT2D eigenvalue weighted by atomic mass is 10.1. The molecule has 1 aliphatic carbocycles. The lowest BCUT2D eigenvalue weighted by Crippen LogP contribution is -2.18. The minimum atomic E-state index is 0.338. The summed E-state index contributed by atoms with van der Waals surface area (Å²) in [7, 11) is 1.73. The molecule has 1 fully saturated rings. The van der Waals surface area contributed by atoms with Crippen LogP contribution >= 0.6 is 11.8 Å². The lowest BCUT2D eigenvalue weighted by molar-refractivity contribution is 0.218. The van der Waals surface area contributed by atoms with Crippen LogP contribution < -0.4 is 5.73 Å². The topological polar surface area (TPSA) is 59.1 Å². The van der Waals surface area contributed by atoms with Gasteiger partial charge in [-0.05, 0) is 24.0 Å². The Labute approximate surface area is 83.9 Å². The van der Waals surface area contributed by atoms with Gasteiger partial charge in [-0.25, -0.2) is 0 Å². The molecule has 1 rings (SSSR count). The van der Waals surface area contributed by atoms with Gasteiger partial charge in [0.1, 0.15) is 0 Å². The Bertz CT molecular complexity index is 180. The number of rotatable bonds is 7. The van der Waals surface area contributed by atoms with Crippen LogP contribution in [-0.2, 0) is 4.74 Å². The molecule has 76 valence electrons. The van der Waals surface area contributed by atoms with Crippen molar-refractivity contribution in [2.45, 2.75) is 19.3 Å². The molecule has 0 aliphatic heterocycles. The standard InChI is InChI=1S/C9H18N2OS/c1-12-4-5-13-7-9(2-3-9)6-8(10)11/h2-7H2,1H3,(H3,10,11). The summed E-state index contributed by atoms with van der Waals surface area (Å²) < 4.78 is 4.97. The fraction of sp³-hybridized carbons (Fsp3) is 0.889. The first-order valence-corrected chi connectivity index (χ1v) is 5.74. The highest BCUT2D eigenvalue weighted by Crippen LogP contribution is 2.50. The van der Waals surface area contributed by atoms with E-state index in [0.29, 0.717) is 11.3 Å². The zero-order chi connectivity index (χ0) is 9.73. The number of hydrogen-bond acceptors (Lipinski definition) is 3. The van der Waals surface area contributed by atoms with Crippen molar-refractivity contribution < 1.29 is 4.74 Å². The minimum Gasteiger partial charge on any atom is -0.388 e. The molecule has 1 saturated carbocycles. The maximum absolute atomic E-state index is 7.25. The summed E-state index contributed by atoms with van der Waals surface area (Å²) in [4.78, 5) is 0. The Morgan fingerprint density at radius 3 is 2.77 bits per heavy atom. The Kier molecular flexibility index (Phi) is 4.06. The van der Waals surface area contributed by atoms with E-state index in [2.05, 4.69) is 0 Å². The van der Waals surface area contributed by atoms with Crippen LogP contribution in [-0.4, -0.2) is 31.1 Å². The molecule has 0 spiro atoms. The van der Waals surface area contributed by atoms with Crippen LogP contribution in [0.2, 0.25) is 0 Å². The zero-order valence-electron chi connectivity index (χ0n) is 8.14. The average molecular weight is 202 g/mol. The molecule has 0 atom stereocenters. The Hall–Kier alpha value is -0.220.